The summed E-state index contributed by atoms with van der Waals surface area (Å²) in [5.41, 5.74) is 1.96. The summed E-state index contributed by atoms with van der Waals surface area (Å²) in [6.45, 7) is 0.128. The minimum absolute atomic E-state index is 0.113. The molecule has 0 heterocycles. The van der Waals surface area contributed by atoms with Crippen molar-refractivity contribution < 1.29 is 14.3 Å². The van der Waals surface area contributed by atoms with Crippen LogP contribution in [0.3, 0.4) is 0 Å². The molecule has 0 unspecified atom stereocenters. The molecule has 188 valence electrons. The van der Waals surface area contributed by atoms with Crippen molar-refractivity contribution in [3.63, 3.8) is 0 Å². The fourth-order valence-electron chi connectivity index (χ4n) is 4.66. The molecule has 1 saturated carbocycles. The van der Waals surface area contributed by atoms with E-state index in [9.17, 15) is 9.59 Å². The number of carbonyl (C=O) groups excluding carboxylic acids is 2. The van der Waals surface area contributed by atoms with Crippen molar-refractivity contribution in [2.24, 2.45) is 0 Å². The first kappa shape index (κ1) is 25.8. The molecule has 0 spiro atoms. The van der Waals surface area contributed by atoms with Crippen LogP contribution in [0.2, 0.25) is 5.02 Å². The summed E-state index contributed by atoms with van der Waals surface area (Å²) < 4.78 is 5.79. The lowest BCUT2D eigenvalue weighted by Crippen LogP contribution is -2.53. The zero-order valence-electron chi connectivity index (χ0n) is 20.4. The fraction of sp³-hybridized carbons (Fsp3) is 0.333. The van der Waals surface area contributed by atoms with Crippen LogP contribution in [0.5, 0.6) is 5.75 Å². The first-order chi connectivity index (χ1) is 17.6. The van der Waals surface area contributed by atoms with Crippen molar-refractivity contribution in [3.8, 4) is 5.75 Å². The summed E-state index contributed by atoms with van der Waals surface area (Å²) in [5, 5.41) is 3.79. The minimum Gasteiger partial charge on any atom is -0.484 e. The molecule has 0 aromatic heterocycles. The van der Waals surface area contributed by atoms with Crippen molar-refractivity contribution in [1.29, 1.82) is 0 Å². The average molecular weight is 505 g/mol. The van der Waals surface area contributed by atoms with Crippen molar-refractivity contribution in [1.82, 2.24) is 10.2 Å². The Bertz CT molecular complexity index is 1120. The Morgan fingerprint density at radius 1 is 0.889 bits per heavy atom. The maximum absolute atomic E-state index is 13.7. The number of hydrogen-bond acceptors (Lipinski definition) is 3. The first-order valence-corrected chi connectivity index (χ1v) is 13.0. The number of ether oxygens (including phenoxy) is 1. The Kier molecular flexibility index (Phi) is 9.40. The molecule has 0 radical (unpaired) electrons. The molecule has 3 aromatic rings. The van der Waals surface area contributed by atoms with Crippen LogP contribution in [0.25, 0.3) is 0 Å². The van der Waals surface area contributed by atoms with Gasteiger partial charge in [0.2, 0.25) is 5.91 Å². The highest BCUT2D eigenvalue weighted by Crippen LogP contribution is 2.21. The Morgan fingerprint density at radius 2 is 1.56 bits per heavy atom. The highest BCUT2D eigenvalue weighted by Gasteiger charge is 2.32. The third-order valence-corrected chi connectivity index (χ3v) is 6.81. The summed E-state index contributed by atoms with van der Waals surface area (Å²) in [5.74, 6) is 0.151. The Labute approximate surface area is 218 Å². The highest BCUT2D eigenvalue weighted by molar-refractivity contribution is 6.30. The zero-order chi connectivity index (χ0) is 25.2. The molecule has 3 aromatic carbocycles. The molecule has 1 N–H and O–H groups in total. The number of amides is 2. The average Bonchev–Trinajstić information content (AvgIpc) is 2.91. The van der Waals surface area contributed by atoms with Gasteiger partial charge in [-0.3, -0.25) is 9.59 Å². The van der Waals surface area contributed by atoms with Gasteiger partial charge < -0.3 is 15.0 Å². The van der Waals surface area contributed by atoms with Gasteiger partial charge in [0.05, 0.1) is 0 Å². The third-order valence-electron chi connectivity index (χ3n) is 6.58. The van der Waals surface area contributed by atoms with E-state index in [0.29, 0.717) is 23.7 Å². The van der Waals surface area contributed by atoms with E-state index in [1.807, 2.05) is 60.7 Å². The number of halogens is 1. The van der Waals surface area contributed by atoms with E-state index in [0.717, 1.165) is 36.8 Å². The summed E-state index contributed by atoms with van der Waals surface area (Å²) in [6.07, 6.45) is 5.83. The van der Waals surface area contributed by atoms with E-state index in [4.69, 9.17) is 16.3 Å². The topological polar surface area (TPSA) is 58.6 Å². The van der Waals surface area contributed by atoms with Crippen LogP contribution in [0.15, 0.2) is 84.9 Å². The number of benzene rings is 3. The number of carbonyl (C=O) groups is 2. The van der Waals surface area contributed by atoms with Gasteiger partial charge in [-0.2, -0.15) is 0 Å². The molecule has 36 heavy (non-hydrogen) atoms. The van der Waals surface area contributed by atoms with Gasteiger partial charge in [0.15, 0.2) is 6.61 Å². The van der Waals surface area contributed by atoms with Crippen LogP contribution in [0.1, 0.15) is 43.2 Å². The second kappa shape index (κ2) is 13.1. The van der Waals surface area contributed by atoms with E-state index in [-0.39, 0.29) is 24.5 Å². The van der Waals surface area contributed by atoms with Crippen molar-refractivity contribution in [2.45, 2.75) is 57.2 Å². The molecule has 5 nitrogen and oxygen atoms in total. The standard InChI is InChI=1S/C30H33ClN2O3/c31-25-15-10-18-27(20-25)36-22-29(34)33(21-24-13-6-2-7-14-24)28(19-23-11-4-1-5-12-23)30(35)32-26-16-8-3-9-17-26/h1-2,4-7,10-15,18,20,26,28H,3,8-9,16-17,19,21-22H2,(H,32,35)/t28-/m1/s1. The van der Waals surface area contributed by atoms with E-state index in [1.165, 1.54) is 6.42 Å². The van der Waals surface area contributed by atoms with Gasteiger partial charge in [-0.15, -0.1) is 0 Å². The van der Waals surface area contributed by atoms with Gasteiger partial charge >= 0.3 is 0 Å². The lowest BCUT2D eigenvalue weighted by Gasteiger charge is -2.33. The predicted molar refractivity (Wildman–Crippen MR) is 143 cm³/mol. The number of nitrogens with one attached hydrogen (secondary N) is 1. The molecule has 1 aliphatic rings. The van der Waals surface area contributed by atoms with E-state index >= 15 is 0 Å². The second-order valence-electron chi connectivity index (χ2n) is 9.30. The van der Waals surface area contributed by atoms with Crippen LogP contribution < -0.4 is 10.1 Å². The minimum atomic E-state index is -0.662. The molecule has 1 fully saturated rings. The largest absolute Gasteiger partial charge is 0.484 e. The smallest absolute Gasteiger partial charge is 0.261 e. The highest BCUT2D eigenvalue weighted by atomic mass is 35.5. The SMILES string of the molecule is O=C(NC1CCCCC1)[C@@H](Cc1ccccc1)N(Cc1ccccc1)C(=O)COc1cccc(Cl)c1. The van der Waals surface area contributed by atoms with Crippen LogP contribution in [-0.2, 0) is 22.6 Å². The molecule has 6 heteroatoms. The Morgan fingerprint density at radius 3 is 2.22 bits per heavy atom. The molecule has 2 amide bonds. The Balaban J connectivity index is 1.59. The lowest BCUT2D eigenvalue weighted by atomic mass is 9.94. The zero-order valence-corrected chi connectivity index (χ0v) is 21.2. The number of rotatable bonds is 10. The number of hydrogen-bond donors (Lipinski definition) is 1. The van der Waals surface area contributed by atoms with Gasteiger partial charge in [0.1, 0.15) is 11.8 Å². The van der Waals surface area contributed by atoms with Crippen LogP contribution in [0, 0.1) is 0 Å². The van der Waals surface area contributed by atoms with Crippen LogP contribution in [-0.4, -0.2) is 35.4 Å². The van der Waals surface area contributed by atoms with Crippen LogP contribution in [0.4, 0.5) is 0 Å². The molecule has 4 rings (SSSR count). The van der Waals surface area contributed by atoms with Crippen molar-refractivity contribution in [2.75, 3.05) is 6.61 Å². The van der Waals surface area contributed by atoms with Gasteiger partial charge in [0.25, 0.3) is 5.91 Å². The fourth-order valence-corrected chi connectivity index (χ4v) is 4.84. The van der Waals surface area contributed by atoms with E-state index in [2.05, 4.69) is 5.32 Å². The van der Waals surface area contributed by atoms with Gasteiger partial charge in [-0.05, 0) is 42.2 Å². The normalized spacial score (nSPS) is 14.6. The first-order valence-electron chi connectivity index (χ1n) is 12.6. The quantitative estimate of drug-likeness (QED) is 0.379. The molecule has 0 aliphatic heterocycles. The van der Waals surface area contributed by atoms with Gasteiger partial charge in [0, 0.05) is 24.0 Å². The monoisotopic (exact) mass is 504 g/mol. The third kappa shape index (κ3) is 7.59. The molecule has 1 aliphatic carbocycles. The molecule has 0 bridgehead atoms. The van der Waals surface area contributed by atoms with Gasteiger partial charge in [-0.25, -0.2) is 0 Å². The molecular weight excluding hydrogens is 472 g/mol. The predicted octanol–water partition coefficient (Wildman–Crippen LogP) is 5.81. The second-order valence-corrected chi connectivity index (χ2v) is 9.74. The number of nitrogens with zero attached hydrogens (tertiary/aromatic N) is 1. The van der Waals surface area contributed by atoms with Gasteiger partial charge in [-0.1, -0.05) is 97.6 Å². The van der Waals surface area contributed by atoms with E-state index in [1.54, 1.807) is 29.2 Å². The van der Waals surface area contributed by atoms with Crippen molar-refractivity contribution in [3.05, 3.63) is 101 Å². The molecule has 0 saturated heterocycles. The maximum atomic E-state index is 13.7. The summed E-state index contributed by atoms with van der Waals surface area (Å²) in [7, 11) is 0. The van der Waals surface area contributed by atoms with Crippen molar-refractivity contribution >= 4 is 23.4 Å². The maximum Gasteiger partial charge on any atom is 0.261 e. The lowest BCUT2D eigenvalue weighted by molar-refractivity contribution is -0.143. The molecular formula is C30H33ClN2O3. The summed E-state index contributed by atoms with van der Waals surface area (Å²) in [6, 6.07) is 26.1. The Hall–Kier alpha value is -3.31. The summed E-state index contributed by atoms with van der Waals surface area (Å²) in [4.78, 5) is 29.0. The summed E-state index contributed by atoms with van der Waals surface area (Å²) >= 11 is 6.08. The molecule has 1 atom stereocenters. The van der Waals surface area contributed by atoms with Crippen LogP contribution >= 0.6 is 11.6 Å². The van der Waals surface area contributed by atoms with E-state index < -0.39 is 6.04 Å².